The molecule has 2 aliphatic carbocycles. The number of hydrogen-bond donors (Lipinski definition) is 1. The summed E-state index contributed by atoms with van der Waals surface area (Å²) >= 11 is 0. The molecule has 4 heteroatoms. The minimum atomic E-state index is 0.225. The highest BCUT2D eigenvalue weighted by Crippen LogP contribution is 2.36. The lowest BCUT2D eigenvalue weighted by molar-refractivity contribution is 0.443. The molecule has 0 bridgehead atoms. The summed E-state index contributed by atoms with van der Waals surface area (Å²) in [6.07, 6.45) is 16.0. The van der Waals surface area contributed by atoms with E-state index in [0.717, 1.165) is 28.4 Å². The van der Waals surface area contributed by atoms with Crippen LogP contribution in [0.5, 0.6) is 0 Å². The summed E-state index contributed by atoms with van der Waals surface area (Å²) < 4.78 is 4.47. The van der Waals surface area contributed by atoms with E-state index in [2.05, 4.69) is 173 Å². The second-order valence-electron chi connectivity index (χ2n) is 15.6. The van der Waals surface area contributed by atoms with E-state index in [1.54, 1.807) is 0 Å². The van der Waals surface area contributed by atoms with Gasteiger partial charge in [0.1, 0.15) is 0 Å². The molecule has 2 heterocycles. The first kappa shape index (κ1) is 34.8. The average Bonchev–Trinajstić information content (AvgIpc) is 3.80. The second-order valence-corrected chi connectivity index (χ2v) is 15.6. The molecule has 8 aromatic rings. The van der Waals surface area contributed by atoms with Gasteiger partial charge in [-0.3, -0.25) is 4.57 Å². The van der Waals surface area contributed by atoms with Gasteiger partial charge in [0.2, 0.25) is 5.96 Å². The Morgan fingerprint density at radius 1 is 0.649 bits per heavy atom. The Bertz CT molecular complexity index is 2970. The summed E-state index contributed by atoms with van der Waals surface area (Å²) in [7, 11) is 0. The number of nitrogens with zero attached hydrogens (tertiary/aromatic N) is 3. The van der Waals surface area contributed by atoms with Crippen molar-refractivity contribution in [1.82, 2.24) is 9.13 Å². The average molecular weight is 739 g/mol. The molecule has 2 N–H and O–H groups in total. The van der Waals surface area contributed by atoms with Gasteiger partial charge < -0.3 is 10.3 Å². The third kappa shape index (κ3) is 6.32. The molecule has 6 aromatic carbocycles. The normalized spacial score (nSPS) is 16.4. The summed E-state index contributed by atoms with van der Waals surface area (Å²) in [6.45, 7) is 4.12. The third-order valence-electron chi connectivity index (χ3n) is 12.3. The van der Waals surface area contributed by atoms with Crippen LogP contribution in [0.4, 0.5) is 0 Å². The summed E-state index contributed by atoms with van der Waals surface area (Å²) in [5.74, 6) is 1.37. The lowest BCUT2D eigenvalue weighted by atomic mass is 9.83. The molecule has 1 fully saturated rings. The Morgan fingerprint density at radius 3 is 2.05 bits per heavy atom. The number of benzene rings is 6. The van der Waals surface area contributed by atoms with E-state index in [9.17, 15) is 0 Å². The lowest BCUT2D eigenvalue weighted by Gasteiger charge is -2.22. The molecule has 1 saturated carbocycles. The van der Waals surface area contributed by atoms with Gasteiger partial charge >= 0.3 is 0 Å². The van der Waals surface area contributed by atoms with Crippen molar-refractivity contribution in [2.24, 2.45) is 10.7 Å². The van der Waals surface area contributed by atoms with Gasteiger partial charge in [-0.2, -0.15) is 0 Å². The molecule has 4 nitrogen and oxygen atoms in total. The SMILES string of the molecule is C=C/C(=C\N=C(/N)n1c2c(c3ccccc31)=CC(c1ccc3c(c1)c1ccccc1n3-c1ccccc1)CC=2)c1ccc(-c2ccc(C3CCCCC3)cc2)cc1. The Hall–Kier alpha value is -6.65. The zero-order chi connectivity index (χ0) is 38.3. The molecule has 0 amide bonds. The van der Waals surface area contributed by atoms with Crippen molar-refractivity contribution < 1.29 is 0 Å². The molecule has 278 valence electrons. The van der Waals surface area contributed by atoms with Crippen LogP contribution in [0, 0.1) is 0 Å². The number of aromatic nitrogens is 2. The summed E-state index contributed by atoms with van der Waals surface area (Å²) in [4.78, 5) is 4.86. The van der Waals surface area contributed by atoms with E-state index in [1.807, 2.05) is 12.3 Å². The van der Waals surface area contributed by atoms with Crippen LogP contribution in [-0.4, -0.2) is 15.1 Å². The van der Waals surface area contributed by atoms with Gasteiger partial charge in [0.15, 0.2) is 0 Å². The van der Waals surface area contributed by atoms with Crippen molar-refractivity contribution in [2.45, 2.75) is 50.4 Å². The fourth-order valence-corrected chi connectivity index (χ4v) is 9.40. The third-order valence-corrected chi connectivity index (χ3v) is 12.3. The molecule has 0 spiro atoms. The standard InChI is InChI=1S/C53H46N4/c1-2-36(38-21-23-40(24-22-38)41-27-25-39(26-28-41)37-13-5-3-6-14-37)35-55-53(54)57-50-20-12-10-18-46(50)48-34-43(30-32-52(48)57)42-29-31-51-47(33-42)45-17-9-11-19-49(45)56(51)44-15-7-4-8-16-44/h2,4,7-12,15-29,31-35,37,43H,1,3,5-6,13-14,30H2,(H2,54,55)/b36-35+. The van der Waals surface area contributed by atoms with E-state index in [4.69, 9.17) is 10.7 Å². The quantitative estimate of drug-likeness (QED) is 0.0988. The molecular formula is C53H46N4. The number of fused-ring (bicyclic) bond motifs is 6. The van der Waals surface area contributed by atoms with Gasteiger partial charge in [0.25, 0.3) is 0 Å². The Labute approximate surface area is 333 Å². The van der Waals surface area contributed by atoms with Gasteiger partial charge in [-0.15, -0.1) is 0 Å². The van der Waals surface area contributed by atoms with Crippen molar-refractivity contribution in [3.05, 3.63) is 192 Å². The van der Waals surface area contributed by atoms with Crippen LogP contribution in [0.1, 0.15) is 67.1 Å². The highest BCUT2D eigenvalue weighted by Gasteiger charge is 2.20. The summed E-state index contributed by atoms with van der Waals surface area (Å²) in [5.41, 5.74) is 18.7. The first-order valence-corrected chi connectivity index (χ1v) is 20.4. The van der Waals surface area contributed by atoms with E-state index >= 15 is 0 Å². The maximum Gasteiger partial charge on any atom is 0.205 e. The zero-order valence-electron chi connectivity index (χ0n) is 32.2. The number of para-hydroxylation sites is 3. The highest BCUT2D eigenvalue weighted by atomic mass is 15.1. The van der Waals surface area contributed by atoms with E-state index in [0.29, 0.717) is 11.9 Å². The predicted molar refractivity (Wildman–Crippen MR) is 241 cm³/mol. The van der Waals surface area contributed by atoms with Gasteiger partial charge in [-0.25, -0.2) is 4.99 Å². The van der Waals surface area contributed by atoms with Crippen molar-refractivity contribution in [1.29, 1.82) is 0 Å². The molecule has 1 unspecified atom stereocenters. The molecule has 10 rings (SSSR count). The van der Waals surface area contributed by atoms with Crippen molar-refractivity contribution in [2.75, 3.05) is 0 Å². The second kappa shape index (κ2) is 14.8. The molecular weight excluding hydrogens is 693 g/mol. The van der Waals surface area contributed by atoms with Crippen molar-refractivity contribution >= 4 is 56.4 Å². The fraction of sp³-hybridized carbons (Fsp3) is 0.151. The zero-order valence-corrected chi connectivity index (χ0v) is 32.2. The maximum atomic E-state index is 6.89. The summed E-state index contributed by atoms with van der Waals surface area (Å²) in [5, 5.41) is 5.99. The van der Waals surface area contributed by atoms with Gasteiger partial charge in [0.05, 0.1) is 21.9 Å². The minimum Gasteiger partial charge on any atom is -0.369 e. The van der Waals surface area contributed by atoms with E-state index in [1.165, 1.54) is 92.5 Å². The Kier molecular flexibility index (Phi) is 9.03. The number of nitrogens with two attached hydrogens (primary N) is 1. The van der Waals surface area contributed by atoms with E-state index in [-0.39, 0.29) is 5.92 Å². The van der Waals surface area contributed by atoms with Gasteiger partial charge in [-0.1, -0.05) is 153 Å². The number of allylic oxidation sites excluding steroid dienone is 2. The van der Waals surface area contributed by atoms with Crippen LogP contribution in [-0.2, 0) is 0 Å². The molecule has 0 radical (unpaired) electrons. The topological polar surface area (TPSA) is 48.2 Å². The molecule has 57 heavy (non-hydrogen) atoms. The lowest BCUT2D eigenvalue weighted by Crippen LogP contribution is -2.38. The van der Waals surface area contributed by atoms with Gasteiger partial charge in [-0.05, 0) is 95.0 Å². The Morgan fingerprint density at radius 2 is 1.30 bits per heavy atom. The van der Waals surface area contributed by atoms with E-state index < -0.39 is 0 Å². The smallest absolute Gasteiger partial charge is 0.205 e. The largest absolute Gasteiger partial charge is 0.369 e. The van der Waals surface area contributed by atoms with Crippen LogP contribution in [0.3, 0.4) is 0 Å². The van der Waals surface area contributed by atoms with Crippen LogP contribution in [0.15, 0.2) is 169 Å². The highest BCUT2D eigenvalue weighted by molar-refractivity contribution is 6.09. The molecule has 0 aliphatic heterocycles. The number of aliphatic imine (C=N–C) groups is 1. The van der Waals surface area contributed by atoms with Crippen molar-refractivity contribution in [3.63, 3.8) is 0 Å². The maximum absolute atomic E-state index is 6.89. The first-order chi connectivity index (χ1) is 28.1. The molecule has 2 aliphatic rings. The fourth-order valence-electron chi connectivity index (χ4n) is 9.40. The number of hydrogen-bond acceptors (Lipinski definition) is 1. The van der Waals surface area contributed by atoms with Crippen LogP contribution >= 0.6 is 0 Å². The van der Waals surface area contributed by atoms with Crippen LogP contribution < -0.4 is 16.3 Å². The predicted octanol–water partition coefficient (Wildman–Crippen LogP) is 11.6. The monoisotopic (exact) mass is 738 g/mol. The molecule has 0 saturated heterocycles. The van der Waals surface area contributed by atoms with Crippen LogP contribution in [0.2, 0.25) is 0 Å². The molecule has 1 atom stereocenters. The van der Waals surface area contributed by atoms with Crippen molar-refractivity contribution in [3.8, 4) is 16.8 Å². The summed E-state index contributed by atoms with van der Waals surface area (Å²) in [6, 6.07) is 52.7. The minimum absolute atomic E-state index is 0.225. The first-order valence-electron chi connectivity index (χ1n) is 20.4. The number of rotatable bonds is 7. The molecule has 2 aromatic heterocycles. The van der Waals surface area contributed by atoms with Crippen LogP contribution in [0.25, 0.3) is 67.2 Å². The Balaban J connectivity index is 0.960. The van der Waals surface area contributed by atoms with Gasteiger partial charge in [0, 0.05) is 39.2 Å².